The molecule has 6 nitrogen and oxygen atoms in total. The first-order valence-electron chi connectivity index (χ1n) is 5.05. The van der Waals surface area contributed by atoms with Gasteiger partial charge in [0.2, 0.25) is 0 Å². The van der Waals surface area contributed by atoms with Gasteiger partial charge in [-0.2, -0.15) is 0 Å². The lowest BCUT2D eigenvalue weighted by molar-refractivity contribution is -0.251. The number of hydrogen-bond donors (Lipinski definition) is 3. The Labute approximate surface area is 104 Å². The van der Waals surface area contributed by atoms with Gasteiger partial charge in [-0.1, -0.05) is 0 Å². The Morgan fingerprint density at radius 3 is 1.53 bits per heavy atom. The van der Waals surface area contributed by atoms with Crippen molar-refractivity contribution in [3.05, 3.63) is 11.4 Å². The molecular weight excluding hydrogens is 222 g/mol. The van der Waals surface area contributed by atoms with Gasteiger partial charge in [-0.3, -0.25) is 15.8 Å². The number of carbonyl (C=O) groups is 1. The van der Waals surface area contributed by atoms with Crippen LogP contribution in [-0.4, -0.2) is 28.8 Å². The number of Topliss-reactive ketones (excluding diaryl/α,β-unsaturated/α-hetero) is 1. The zero-order valence-corrected chi connectivity index (χ0v) is 11.6. The molecule has 6 heteroatoms. The van der Waals surface area contributed by atoms with Crippen molar-refractivity contribution in [2.75, 3.05) is 6.61 Å². The van der Waals surface area contributed by atoms with Crippen molar-refractivity contribution in [1.82, 2.24) is 0 Å². The molecule has 0 unspecified atom stereocenters. The monoisotopic (exact) mass is 247 g/mol. The van der Waals surface area contributed by atoms with Crippen molar-refractivity contribution in [3.63, 3.8) is 0 Å². The van der Waals surface area contributed by atoms with E-state index < -0.39 is 11.2 Å². The molecular formula is C11H25N3O3. The Hall–Kier alpha value is -1.00. The van der Waals surface area contributed by atoms with Crippen molar-refractivity contribution in [1.29, 1.82) is 0 Å². The van der Waals surface area contributed by atoms with Crippen LogP contribution in [0.4, 0.5) is 0 Å². The lowest BCUT2D eigenvalue weighted by Crippen LogP contribution is -2.36. The maximum atomic E-state index is 9.44. The molecule has 0 atom stereocenters. The molecule has 102 valence electrons. The summed E-state index contributed by atoms with van der Waals surface area (Å²) in [5.41, 5.74) is 9.45. The predicted octanol–water partition coefficient (Wildman–Crippen LogP) is 1.41. The number of nitrogens with two attached hydrogens (primary N) is 2. The number of rotatable bonds is 2. The molecule has 0 saturated carbocycles. The first-order valence-corrected chi connectivity index (χ1v) is 5.05. The van der Waals surface area contributed by atoms with E-state index in [2.05, 4.69) is 9.73 Å². The van der Waals surface area contributed by atoms with E-state index in [1.165, 1.54) is 13.8 Å². The maximum absolute atomic E-state index is 9.44. The molecule has 0 saturated heterocycles. The molecule has 17 heavy (non-hydrogen) atoms. The van der Waals surface area contributed by atoms with Gasteiger partial charge in [0.25, 0.3) is 5.66 Å². The van der Waals surface area contributed by atoms with Gasteiger partial charge in [-0.15, -0.1) is 0 Å². The number of carbonyl (C=O) groups excluding carboxylic acids is 1. The Balaban J connectivity index is -0.000000180. The summed E-state index contributed by atoms with van der Waals surface area (Å²) < 4.78 is 0. The Morgan fingerprint density at radius 2 is 1.53 bits per heavy atom. The Morgan fingerprint density at radius 1 is 1.29 bits per heavy atom. The fraction of sp³-hybridized carbons (Fsp3) is 0.818. The molecule has 0 rings (SSSR count). The highest BCUT2D eigenvalue weighted by atomic mass is 17.1. The van der Waals surface area contributed by atoms with E-state index in [4.69, 9.17) is 23.3 Å². The first-order chi connectivity index (χ1) is 7.35. The largest absolute Gasteiger partial charge is 0.324 e. The van der Waals surface area contributed by atoms with Gasteiger partial charge in [0.1, 0.15) is 5.78 Å². The summed E-state index contributed by atoms with van der Waals surface area (Å²) in [4.78, 5) is 16.3. The second kappa shape index (κ2) is 10.2. The highest BCUT2D eigenvalue weighted by molar-refractivity contribution is 5.72. The third-order valence-corrected chi connectivity index (χ3v) is 0.725. The van der Waals surface area contributed by atoms with Crippen LogP contribution in [0.5, 0.6) is 0 Å². The molecule has 0 aliphatic rings. The molecule has 0 amide bonds. The third kappa shape index (κ3) is 70.4. The average Bonchev–Trinajstić information content (AvgIpc) is 2.00. The van der Waals surface area contributed by atoms with E-state index >= 15 is 0 Å². The minimum Gasteiger partial charge on any atom is -0.324 e. The summed E-state index contributed by atoms with van der Waals surface area (Å²) in [7, 11) is 0. The van der Waals surface area contributed by atoms with Crippen LogP contribution < -0.4 is 11.5 Å². The molecule has 0 aromatic carbocycles. The van der Waals surface area contributed by atoms with E-state index in [1.54, 1.807) is 27.7 Å². The van der Waals surface area contributed by atoms with Gasteiger partial charge in [0.15, 0.2) is 0 Å². The minimum absolute atomic E-state index is 0.167. The van der Waals surface area contributed by atoms with Crippen molar-refractivity contribution in [3.8, 4) is 0 Å². The second-order valence-electron chi connectivity index (χ2n) is 4.94. The lowest BCUT2D eigenvalue weighted by Gasteiger charge is -2.13. The SMILES string of the molecule is CC(C)(N)COO.CC(C)=O.[C-]#[N+]C(C)(C)N. The van der Waals surface area contributed by atoms with Crippen molar-refractivity contribution in [2.45, 2.75) is 52.7 Å². The quantitative estimate of drug-likeness (QED) is 0.389. The van der Waals surface area contributed by atoms with Gasteiger partial charge in [-0.05, 0) is 27.7 Å². The van der Waals surface area contributed by atoms with Crippen LogP contribution in [0.25, 0.3) is 4.85 Å². The Bertz CT molecular complexity index is 230. The van der Waals surface area contributed by atoms with Crippen LogP contribution >= 0.6 is 0 Å². The van der Waals surface area contributed by atoms with E-state index in [0.29, 0.717) is 0 Å². The Kier molecular flexibility index (Phi) is 12.7. The van der Waals surface area contributed by atoms with Crippen LogP contribution in [0.15, 0.2) is 0 Å². The van der Waals surface area contributed by atoms with Gasteiger partial charge >= 0.3 is 0 Å². The molecule has 0 bridgehead atoms. The highest BCUT2D eigenvalue weighted by Gasteiger charge is 2.11. The molecule has 0 heterocycles. The van der Waals surface area contributed by atoms with Crippen LogP contribution in [-0.2, 0) is 9.68 Å². The molecule has 0 spiro atoms. The summed E-state index contributed by atoms with van der Waals surface area (Å²) in [6, 6.07) is 0. The van der Waals surface area contributed by atoms with E-state index in [-0.39, 0.29) is 12.4 Å². The van der Waals surface area contributed by atoms with E-state index in [9.17, 15) is 4.79 Å². The van der Waals surface area contributed by atoms with E-state index in [1.807, 2.05) is 0 Å². The molecule has 0 fully saturated rings. The van der Waals surface area contributed by atoms with Gasteiger partial charge in [0.05, 0.1) is 6.61 Å². The smallest absolute Gasteiger partial charge is 0.278 e. The molecule has 5 N–H and O–H groups in total. The maximum Gasteiger partial charge on any atom is 0.278 e. The minimum atomic E-state index is -0.667. The van der Waals surface area contributed by atoms with Crippen molar-refractivity contribution < 1.29 is 14.9 Å². The van der Waals surface area contributed by atoms with Gasteiger partial charge < -0.3 is 10.5 Å². The summed E-state index contributed by atoms with van der Waals surface area (Å²) in [6.07, 6.45) is 0. The average molecular weight is 247 g/mol. The van der Waals surface area contributed by atoms with Crippen LogP contribution in [0.1, 0.15) is 41.5 Å². The zero-order chi connectivity index (χ0) is 14.7. The molecule has 0 radical (unpaired) electrons. The number of hydrogen-bond acceptors (Lipinski definition) is 5. The summed E-state index contributed by atoms with van der Waals surface area (Å²) >= 11 is 0. The zero-order valence-electron chi connectivity index (χ0n) is 11.6. The summed E-state index contributed by atoms with van der Waals surface area (Å²) in [6.45, 7) is 16.5. The third-order valence-electron chi connectivity index (χ3n) is 0.725. The van der Waals surface area contributed by atoms with Crippen LogP contribution in [0.3, 0.4) is 0 Å². The predicted molar refractivity (Wildman–Crippen MR) is 68.1 cm³/mol. The van der Waals surface area contributed by atoms with Crippen molar-refractivity contribution >= 4 is 5.78 Å². The molecule has 0 aliphatic carbocycles. The fourth-order valence-electron chi connectivity index (χ4n) is 0.166. The standard InChI is InChI=1S/C4H8N2.C4H11NO2.C3H6O/c1-4(2,5)6-3;1-4(2,5)3-7-6;1-3(2)4/h5H2,1-2H3;6H,3,5H2,1-2H3;1-2H3. The van der Waals surface area contributed by atoms with Gasteiger partial charge in [-0.25, -0.2) is 11.5 Å². The van der Waals surface area contributed by atoms with Crippen LogP contribution in [0, 0.1) is 6.57 Å². The van der Waals surface area contributed by atoms with E-state index in [0.717, 1.165) is 0 Å². The number of nitrogens with zero attached hydrogens (tertiary/aromatic N) is 1. The fourth-order valence-corrected chi connectivity index (χ4v) is 0.166. The van der Waals surface area contributed by atoms with Crippen molar-refractivity contribution in [2.24, 2.45) is 11.5 Å². The molecule has 0 aliphatic heterocycles. The number of ketones is 1. The lowest BCUT2D eigenvalue weighted by atomic mass is 10.1. The van der Waals surface area contributed by atoms with Crippen LogP contribution in [0.2, 0.25) is 0 Å². The second-order valence-corrected chi connectivity index (χ2v) is 4.94. The summed E-state index contributed by atoms with van der Waals surface area (Å²) in [5, 5.41) is 7.82. The molecule has 0 aromatic heterocycles. The summed E-state index contributed by atoms with van der Waals surface area (Å²) in [5.74, 6) is 0.167. The van der Waals surface area contributed by atoms with Gasteiger partial charge in [0, 0.05) is 19.4 Å². The molecule has 0 aromatic rings. The normalized spacial score (nSPS) is 10.1. The first kappa shape index (κ1) is 21.3. The topological polar surface area (TPSA) is 103 Å². The highest BCUT2D eigenvalue weighted by Crippen LogP contribution is 1.94.